The highest BCUT2D eigenvalue weighted by Gasteiger charge is 1.98. The number of thioether (sulfide) groups is 1. The van der Waals surface area contributed by atoms with Gasteiger partial charge in [0.1, 0.15) is 11.8 Å². The van der Waals surface area contributed by atoms with Gasteiger partial charge < -0.3 is 0 Å². The van der Waals surface area contributed by atoms with Crippen LogP contribution < -0.4 is 0 Å². The topological polar surface area (TPSA) is 53.8 Å². The maximum Gasteiger partial charge on any atom is 0.185 e. The maximum absolute atomic E-state index is 10.7. The summed E-state index contributed by atoms with van der Waals surface area (Å²) >= 11 is 1.28. The van der Waals surface area contributed by atoms with Crippen molar-refractivity contribution in [1.82, 2.24) is 4.98 Å². The summed E-state index contributed by atoms with van der Waals surface area (Å²) in [4.78, 5) is 14.7. The second kappa shape index (κ2) is 6.73. The molecule has 0 aliphatic rings. The average molecular weight is 244 g/mol. The molecule has 0 N–H and O–H groups in total. The van der Waals surface area contributed by atoms with Gasteiger partial charge in [0.2, 0.25) is 0 Å². The van der Waals surface area contributed by atoms with Gasteiger partial charge in [-0.15, -0.1) is 0 Å². The molecule has 1 aromatic heterocycles. The van der Waals surface area contributed by atoms with Gasteiger partial charge in [-0.05, 0) is 18.6 Å². The summed E-state index contributed by atoms with van der Waals surface area (Å²) in [6, 6.07) is 3.86. The molecule has 0 aliphatic carbocycles. The Balaban J connectivity index is 2.58. The number of carbonyl (C=O) groups is 1. The average Bonchev–Trinajstić information content (AvgIpc) is 2.28. The molecule has 0 bridgehead atoms. The molecule has 0 aliphatic heterocycles. The Hall–Kier alpha value is -1.78. The lowest BCUT2D eigenvalue weighted by atomic mass is 10.1. The van der Waals surface area contributed by atoms with Crippen molar-refractivity contribution in [3.8, 4) is 17.9 Å². The highest BCUT2D eigenvalue weighted by molar-refractivity contribution is 8.13. The zero-order chi connectivity index (χ0) is 12.7. The van der Waals surface area contributed by atoms with Crippen LogP contribution in [0.1, 0.15) is 30.2 Å². The van der Waals surface area contributed by atoms with Gasteiger partial charge in [-0.1, -0.05) is 23.6 Å². The van der Waals surface area contributed by atoms with Crippen molar-refractivity contribution in [2.24, 2.45) is 0 Å². The Morgan fingerprint density at radius 2 is 2.35 bits per heavy atom. The van der Waals surface area contributed by atoms with E-state index in [2.05, 4.69) is 16.8 Å². The molecular weight excluding hydrogens is 232 g/mol. The van der Waals surface area contributed by atoms with Gasteiger partial charge in [0.05, 0.1) is 0 Å². The first-order valence-corrected chi connectivity index (χ1v) is 6.11. The zero-order valence-electron chi connectivity index (χ0n) is 9.78. The van der Waals surface area contributed by atoms with Gasteiger partial charge in [-0.25, -0.2) is 4.98 Å². The van der Waals surface area contributed by atoms with Crippen molar-refractivity contribution in [2.75, 3.05) is 5.75 Å². The van der Waals surface area contributed by atoms with Crippen LogP contribution in [0.25, 0.3) is 0 Å². The minimum atomic E-state index is 0.114. The van der Waals surface area contributed by atoms with Crippen LogP contribution in [0.3, 0.4) is 0 Å². The van der Waals surface area contributed by atoms with Crippen molar-refractivity contribution in [3.05, 3.63) is 29.1 Å². The van der Waals surface area contributed by atoms with Crippen LogP contribution in [0.5, 0.6) is 0 Å². The van der Waals surface area contributed by atoms with Crippen LogP contribution in [0, 0.1) is 30.1 Å². The lowest BCUT2D eigenvalue weighted by Crippen LogP contribution is -1.89. The van der Waals surface area contributed by atoms with E-state index < -0.39 is 0 Å². The third-order valence-electron chi connectivity index (χ3n) is 1.95. The number of hydrogen-bond donors (Lipinski definition) is 0. The molecule has 0 aromatic carbocycles. The molecule has 0 atom stereocenters. The number of nitrogens with zero attached hydrogens (tertiary/aromatic N) is 2. The monoisotopic (exact) mass is 244 g/mol. The van der Waals surface area contributed by atoms with E-state index in [0.29, 0.717) is 17.9 Å². The van der Waals surface area contributed by atoms with E-state index in [-0.39, 0.29) is 5.12 Å². The predicted molar refractivity (Wildman–Crippen MR) is 68.3 cm³/mol. The van der Waals surface area contributed by atoms with Gasteiger partial charge in [0, 0.05) is 30.9 Å². The molecule has 0 radical (unpaired) electrons. The van der Waals surface area contributed by atoms with Gasteiger partial charge in [0.15, 0.2) is 5.12 Å². The molecule has 0 spiro atoms. The second-order valence-electron chi connectivity index (χ2n) is 3.39. The first kappa shape index (κ1) is 13.3. The summed E-state index contributed by atoms with van der Waals surface area (Å²) in [5.74, 6) is 6.65. The molecule has 0 amide bonds. The molecule has 0 saturated carbocycles. The van der Waals surface area contributed by atoms with Gasteiger partial charge >= 0.3 is 0 Å². The number of pyridine rings is 1. The van der Waals surface area contributed by atoms with Gasteiger partial charge in [0.25, 0.3) is 0 Å². The van der Waals surface area contributed by atoms with E-state index >= 15 is 0 Å². The standard InChI is InChI=1S/C13H12N2OS/c1-10-7-12(9-15-13(10)8-14)5-3-4-6-17-11(2)16/h7,9H,4,6H2,1-2H3. The molecule has 0 fully saturated rings. The molecule has 0 saturated heterocycles. The number of rotatable bonds is 2. The Labute approximate surface area is 105 Å². The molecular formula is C13H12N2OS. The first-order valence-electron chi connectivity index (χ1n) is 5.12. The first-order chi connectivity index (χ1) is 8.13. The van der Waals surface area contributed by atoms with Crippen LogP contribution in [0.15, 0.2) is 12.3 Å². The Morgan fingerprint density at radius 1 is 1.59 bits per heavy atom. The molecule has 1 rings (SSSR count). The number of hydrogen-bond acceptors (Lipinski definition) is 4. The molecule has 86 valence electrons. The number of nitriles is 1. The van der Waals surface area contributed by atoms with Crippen LogP contribution in [-0.2, 0) is 4.79 Å². The largest absolute Gasteiger partial charge is 0.288 e. The van der Waals surface area contributed by atoms with Crippen LogP contribution in [-0.4, -0.2) is 15.9 Å². The summed E-state index contributed by atoms with van der Waals surface area (Å²) in [6.45, 7) is 3.38. The number of aryl methyl sites for hydroxylation is 1. The summed E-state index contributed by atoms with van der Waals surface area (Å²) in [6.07, 6.45) is 2.26. The summed E-state index contributed by atoms with van der Waals surface area (Å²) in [7, 11) is 0. The van der Waals surface area contributed by atoms with Crippen molar-refractivity contribution < 1.29 is 4.79 Å². The fourth-order valence-corrected chi connectivity index (χ4v) is 1.66. The minimum absolute atomic E-state index is 0.114. The lowest BCUT2D eigenvalue weighted by Gasteiger charge is -1.95. The van der Waals surface area contributed by atoms with Crippen molar-refractivity contribution >= 4 is 16.9 Å². The third-order valence-corrected chi connectivity index (χ3v) is 2.76. The van der Waals surface area contributed by atoms with E-state index in [0.717, 1.165) is 11.1 Å². The number of aromatic nitrogens is 1. The Kier molecular flexibility index (Phi) is 5.26. The SMILES string of the molecule is CC(=O)SCCC#Cc1cnc(C#N)c(C)c1. The number of carbonyl (C=O) groups excluding carboxylic acids is 1. The third kappa shape index (κ3) is 4.72. The van der Waals surface area contributed by atoms with Gasteiger partial charge in [-0.2, -0.15) is 5.26 Å². The molecule has 1 heterocycles. The molecule has 1 aromatic rings. The molecule has 0 unspecified atom stereocenters. The minimum Gasteiger partial charge on any atom is -0.288 e. The van der Waals surface area contributed by atoms with E-state index in [4.69, 9.17) is 5.26 Å². The van der Waals surface area contributed by atoms with E-state index in [9.17, 15) is 4.79 Å². The Morgan fingerprint density at radius 3 is 2.94 bits per heavy atom. The smallest absolute Gasteiger partial charge is 0.185 e. The highest BCUT2D eigenvalue weighted by Crippen LogP contribution is 2.06. The maximum atomic E-state index is 10.7. The summed E-state index contributed by atoms with van der Waals surface area (Å²) in [5, 5.41) is 8.84. The van der Waals surface area contributed by atoms with Crippen molar-refractivity contribution in [2.45, 2.75) is 20.3 Å². The molecule has 4 heteroatoms. The fraction of sp³-hybridized carbons (Fsp3) is 0.308. The lowest BCUT2D eigenvalue weighted by molar-refractivity contribution is -0.109. The molecule has 3 nitrogen and oxygen atoms in total. The second-order valence-corrected chi connectivity index (χ2v) is 4.66. The molecule has 17 heavy (non-hydrogen) atoms. The van der Waals surface area contributed by atoms with Crippen LogP contribution in [0.4, 0.5) is 0 Å². The normalized spacial score (nSPS) is 9.00. The zero-order valence-corrected chi connectivity index (χ0v) is 10.6. The quantitative estimate of drug-likeness (QED) is 0.591. The van der Waals surface area contributed by atoms with E-state index in [1.54, 1.807) is 13.1 Å². The van der Waals surface area contributed by atoms with Crippen LogP contribution in [0.2, 0.25) is 0 Å². The summed E-state index contributed by atoms with van der Waals surface area (Å²) in [5.41, 5.74) is 2.06. The highest BCUT2D eigenvalue weighted by atomic mass is 32.2. The predicted octanol–water partition coefficient (Wildman–Crippen LogP) is 2.28. The Bertz CT molecular complexity index is 520. The van der Waals surface area contributed by atoms with Crippen LogP contribution >= 0.6 is 11.8 Å². The van der Waals surface area contributed by atoms with E-state index in [1.807, 2.05) is 19.1 Å². The summed E-state index contributed by atoms with van der Waals surface area (Å²) < 4.78 is 0. The van der Waals surface area contributed by atoms with Crippen molar-refractivity contribution in [3.63, 3.8) is 0 Å². The van der Waals surface area contributed by atoms with Crippen molar-refractivity contribution in [1.29, 1.82) is 5.26 Å². The fourth-order valence-electron chi connectivity index (χ4n) is 1.17. The van der Waals surface area contributed by atoms with E-state index in [1.165, 1.54) is 11.8 Å². The van der Waals surface area contributed by atoms with Gasteiger partial charge in [-0.3, -0.25) is 4.79 Å².